The number of amidine groups is 1. The molecule has 2 heterocycles. The Bertz CT molecular complexity index is 1520. The molecular weight excluding hydrogens is 566 g/mol. The van der Waals surface area contributed by atoms with Gasteiger partial charge in [0.1, 0.15) is 23.9 Å². The molecule has 190 valence electrons. The summed E-state index contributed by atoms with van der Waals surface area (Å²) < 4.78 is 12.2. The molecular formula is C29H22BrN3O4S. The van der Waals surface area contributed by atoms with E-state index in [-0.39, 0.29) is 18.2 Å². The van der Waals surface area contributed by atoms with Crippen molar-refractivity contribution < 1.29 is 19.1 Å². The van der Waals surface area contributed by atoms with Gasteiger partial charge < -0.3 is 14.3 Å². The highest BCUT2D eigenvalue weighted by Gasteiger charge is 2.34. The number of aromatic hydroxyl groups is 1. The molecule has 4 aromatic rings. The van der Waals surface area contributed by atoms with Crippen LogP contribution < -0.4 is 4.74 Å². The van der Waals surface area contributed by atoms with Crippen LogP contribution in [0.3, 0.4) is 0 Å². The maximum absolute atomic E-state index is 13.4. The fourth-order valence-electron chi connectivity index (χ4n) is 3.64. The van der Waals surface area contributed by atoms with Gasteiger partial charge in [0.15, 0.2) is 5.17 Å². The van der Waals surface area contributed by atoms with Crippen molar-refractivity contribution in [2.75, 3.05) is 0 Å². The van der Waals surface area contributed by atoms with Gasteiger partial charge in [0.2, 0.25) is 0 Å². The van der Waals surface area contributed by atoms with Crippen LogP contribution in [-0.2, 0) is 17.9 Å². The fraction of sp³-hybridized carbons (Fsp3) is 0.0690. The second-order valence-corrected chi connectivity index (χ2v) is 10.2. The third kappa shape index (κ3) is 6.42. The van der Waals surface area contributed by atoms with E-state index in [1.807, 2.05) is 60.7 Å². The third-order valence-corrected chi connectivity index (χ3v) is 7.01. The molecule has 5 rings (SSSR count). The maximum atomic E-state index is 13.4. The molecule has 0 aliphatic carbocycles. The number of carbonyl (C=O) groups is 1. The number of halogens is 1. The van der Waals surface area contributed by atoms with E-state index in [2.05, 4.69) is 26.1 Å². The monoisotopic (exact) mass is 587 g/mol. The van der Waals surface area contributed by atoms with Crippen LogP contribution in [0.4, 0.5) is 0 Å². The van der Waals surface area contributed by atoms with Crippen LogP contribution in [0.2, 0.25) is 0 Å². The van der Waals surface area contributed by atoms with E-state index >= 15 is 0 Å². The highest BCUT2D eigenvalue weighted by atomic mass is 79.9. The molecule has 0 bridgehead atoms. The molecule has 1 fully saturated rings. The first-order valence-corrected chi connectivity index (χ1v) is 13.3. The summed E-state index contributed by atoms with van der Waals surface area (Å²) in [5.74, 6) is 1.20. The van der Waals surface area contributed by atoms with Crippen molar-refractivity contribution in [3.63, 3.8) is 0 Å². The number of phenols is 1. The minimum atomic E-state index is -0.207. The molecule has 38 heavy (non-hydrogen) atoms. The van der Waals surface area contributed by atoms with Crippen LogP contribution in [0, 0.1) is 0 Å². The molecule has 1 amide bonds. The topological polar surface area (TPSA) is 87.6 Å². The molecule has 0 unspecified atom stereocenters. The summed E-state index contributed by atoms with van der Waals surface area (Å²) in [5.41, 5.74) is 2.40. The van der Waals surface area contributed by atoms with Crippen LogP contribution in [0.1, 0.15) is 22.5 Å². The molecule has 7 nitrogen and oxygen atoms in total. The molecule has 0 radical (unpaired) electrons. The van der Waals surface area contributed by atoms with E-state index in [4.69, 9.17) is 9.15 Å². The number of furan rings is 1. The molecule has 0 atom stereocenters. The van der Waals surface area contributed by atoms with Gasteiger partial charge in [0.05, 0.1) is 23.9 Å². The molecule has 9 heteroatoms. The first-order chi connectivity index (χ1) is 18.5. The predicted octanol–water partition coefficient (Wildman–Crippen LogP) is 6.83. The van der Waals surface area contributed by atoms with Gasteiger partial charge in [0, 0.05) is 10.0 Å². The maximum Gasteiger partial charge on any atom is 0.267 e. The SMILES string of the molecule is O=C1/C(=C/c2cccc(OCc3ccccc3)c2)S/C(=N\N=C\c2cc(Br)ccc2O)N1Cc1ccco1. The molecule has 1 aromatic heterocycles. The summed E-state index contributed by atoms with van der Waals surface area (Å²) in [5, 5.41) is 18.9. The molecule has 0 saturated carbocycles. The quantitative estimate of drug-likeness (QED) is 0.139. The van der Waals surface area contributed by atoms with E-state index < -0.39 is 0 Å². The van der Waals surface area contributed by atoms with Crippen molar-refractivity contribution in [3.8, 4) is 11.5 Å². The molecule has 1 saturated heterocycles. The van der Waals surface area contributed by atoms with Gasteiger partial charge >= 0.3 is 0 Å². The smallest absolute Gasteiger partial charge is 0.267 e. The number of amides is 1. The van der Waals surface area contributed by atoms with Crippen LogP contribution >= 0.6 is 27.7 Å². The van der Waals surface area contributed by atoms with Gasteiger partial charge in [-0.25, -0.2) is 0 Å². The summed E-state index contributed by atoms with van der Waals surface area (Å²) in [4.78, 5) is 15.4. The van der Waals surface area contributed by atoms with E-state index in [9.17, 15) is 9.90 Å². The average molecular weight is 588 g/mol. The number of nitrogens with zero attached hydrogens (tertiary/aromatic N) is 3. The Kier molecular flexibility index (Phi) is 8.06. The summed E-state index contributed by atoms with van der Waals surface area (Å²) in [6.45, 7) is 0.667. The second kappa shape index (κ2) is 12.0. The number of hydrogen-bond donors (Lipinski definition) is 1. The minimum absolute atomic E-state index is 0.0784. The van der Waals surface area contributed by atoms with Gasteiger partial charge in [0.25, 0.3) is 5.91 Å². The average Bonchev–Trinajstić information content (AvgIpc) is 3.55. The number of thioether (sulfide) groups is 1. The normalized spacial score (nSPS) is 15.7. The Balaban J connectivity index is 1.37. The zero-order chi connectivity index (χ0) is 26.3. The lowest BCUT2D eigenvalue weighted by Crippen LogP contribution is -2.28. The first kappa shape index (κ1) is 25.6. The highest BCUT2D eigenvalue weighted by molar-refractivity contribution is 9.10. The Morgan fingerprint density at radius 1 is 1.03 bits per heavy atom. The number of phenolic OH excluding ortho intramolecular Hbond substituents is 1. The predicted molar refractivity (Wildman–Crippen MR) is 153 cm³/mol. The Labute approximate surface area is 232 Å². The Morgan fingerprint density at radius 3 is 2.71 bits per heavy atom. The lowest BCUT2D eigenvalue weighted by molar-refractivity contribution is -0.122. The number of ether oxygens (including phenoxy) is 1. The van der Waals surface area contributed by atoms with E-state index in [1.54, 1.807) is 36.6 Å². The van der Waals surface area contributed by atoms with Gasteiger partial charge in [-0.3, -0.25) is 9.69 Å². The third-order valence-electron chi connectivity index (χ3n) is 5.52. The van der Waals surface area contributed by atoms with Crippen LogP contribution in [0.5, 0.6) is 11.5 Å². The van der Waals surface area contributed by atoms with Gasteiger partial charge in [-0.1, -0.05) is 58.4 Å². The first-order valence-electron chi connectivity index (χ1n) is 11.7. The van der Waals surface area contributed by atoms with E-state index in [0.29, 0.717) is 33.8 Å². The van der Waals surface area contributed by atoms with Crippen LogP contribution in [-0.4, -0.2) is 27.3 Å². The Hall–Kier alpha value is -4.08. The fourth-order valence-corrected chi connectivity index (χ4v) is 4.95. The molecule has 1 aliphatic rings. The summed E-state index contributed by atoms with van der Waals surface area (Å²) >= 11 is 4.60. The molecule has 1 aliphatic heterocycles. The molecule has 0 spiro atoms. The largest absolute Gasteiger partial charge is 0.507 e. The zero-order valence-electron chi connectivity index (χ0n) is 20.0. The van der Waals surface area contributed by atoms with Crippen molar-refractivity contribution in [2.24, 2.45) is 10.2 Å². The molecule has 3 aromatic carbocycles. The standard InChI is InChI=1S/C29H22BrN3O4S/c30-23-11-12-26(34)22(16-23)17-31-32-29-33(18-25-10-5-13-36-25)28(35)27(38-29)15-21-8-4-9-24(14-21)37-19-20-6-2-1-3-7-20/h1-17,34H,18-19H2/b27-15-,31-17+,32-29-. The van der Waals surface area contributed by atoms with E-state index in [1.165, 1.54) is 22.9 Å². The summed E-state index contributed by atoms with van der Waals surface area (Å²) in [7, 11) is 0. The van der Waals surface area contributed by atoms with Gasteiger partial charge in [-0.05, 0) is 71.4 Å². The zero-order valence-corrected chi connectivity index (χ0v) is 22.4. The van der Waals surface area contributed by atoms with Crippen molar-refractivity contribution >= 4 is 51.1 Å². The van der Waals surface area contributed by atoms with Crippen molar-refractivity contribution in [1.82, 2.24) is 4.90 Å². The lowest BCUT2D eigenvalue weighted by Gasteiger charge is -2.12. The number of rotatable bonds is 8. The number of benzene rings is 3. The van der Waals surface area contributed by atoms with Crippen molar-refractivity contribution in [3.05, 3.63) is 123 Å². The van der Waals surface area contributed by atoms with Crippen molar-refractivity contribution in [1.29, 1.82) is 0 Å². The van der Waals surface area contributed by atoms with Crippen molar-refractivity contribution in [2.45, 2.75) is 13.2 Å². The highest BCUT2D eigenvalue weighted by Crippen LogP contribution is 2.34. The van der Waals surface area contributed by atoms with Gasteiger partial charge in [-0.15, -0.1) is 5.10 Å². The summed E-state index contributed by atoms with van der Waals surface area (Å²) in [6.07, 6.45) is 4.81. The lowest BCUT2D eigenvalue weighted by atomic mass is 10.2. The number of carbonyl (C=O) groups excluding carboxylic acids is 1. The van der Waals surface area contributed by atoms with Gasteiger partial charge in [-0.2, -0.15) is 5.10 Å². The second-order valence-electron chi connectivity index (χ2n) is 8.26. The summed E-state index contributed by atoms with van der Waals surface area (Å²) in [6, 6.07) is 26.1. The molecule has 1 N–H and O–H groups in total. The minimum Gasteiger partial charge on any atom is -0.507 e. The number of hydrogen-bond acceptors (Lipinski definition) is 7. The van der Waals surface area contributed by atoms with E-state index in [0.717, 1.165) is 15.6 Å². The van der Waals surface area contributed by atoms with Crippen LogP contribution in [0.25, 0.3) is 6.08 Å². The Morgan fingerprint density at radius 2 is 1.89 bits per heavy atom. The van der Waals surface area contributed by atoms with Crippen LogP contribution in [0.15, 0.2) is 115 Å².